The molecule has 0 aromatic rings. The molecule has 0 bridgehead atoms. The summed E-state index contributed by atoms with van der Waals surface area (Å²) >= 11 is 0. The first-order chi connectivity index (χ1) is 42.8. The summed E-state index contributed by atoms with van der Waals surface area (Å²) in [5.74, 6) is -4.79. The van der Waals surface area contributed by atoms with Gasteiger partial charge in [-0.15, -0.1) is 0 Å². The lowest BCUT2D eigenvalue weighted by Crippen LogP contribution is -2.60. The van der Waals surface area contributed by atoms with Gasteiger partial charge in [-0.05, 0) is 180 Å². The number of carbonyl (C=O) groups excluding carboxylic acids is 4. The van der Waals surface area contributed by atoms with Gasteiger partial charge in [0.2, 0.25) is 0 Å². The summed E-state index contributed by atoms with van der Waals surface area (Å²) in [6.07, 6.45) is -3.16. The highest BCUT2D eigenvalue weighted by atomic mass is 32.2. The molecule has 6 rings (SSSR count). The number of hydrogen-bond acceptors (Lipinski definition) is 23. The van der Waals surface area contributed by atoms with Crippen molar-refractivity contribution >= 4 is 33.3 Å². The van der Waals surface area contributed by atoms with Crippen LogP contribution in [0.1, 0.15) is 141 Å². The second kappa shape index (κ2) is 33.0. The van der Waals surface area contributed by atoms with Gasteiger partial charge in [0.1, 0.15) is 46.1 Å². The Bertz CT molecular complexity index is 2500. The number of nitrogens with zero attached hydrogens (tertiary/aromatic N) is 7. The molecule has 0 unspecified atom stereocenters. The number of aliphatic hydroxyl groups excluding tert-OH is 2. The number of esters is 2. The molecule has 2 N–H and O–H groups in total. The van der Waals surface area contributed by atoms with E-state index in [1.54, 1.807) is 48.8 Å². The Hall–Kier alpha value is -2.37. The topological polar surface area (TPSA) is 239 Å². The number of rotatable bonds is 18. The van der Waals surface area contributed by atoms with Gasteiger partial charge in [-0.2, -0.15) is 0 Å². The number of likely N-dealkylation sites (tertiary alicyclic amines) is 1. The number of piperidine rings is 1. The molecule has 0 amide bonds. The summed E-state index contributed by atoms with van der Waals surface area (Å²) in [6, 6.07) is -0.975. The average molecular weight is 1330 g/mol. The zero-order valence-electron chi connectivity index (χ0n) is 60.4. The normalized spacial score (nSPS) is 39.7. The minimum absolute atomic E-state index is 0.000608. The lowest BCUT2D eigenvalue weighted by Gasteiger charge is -2.48. The van der Waals surface area contributed by atoms with Gasteiger partial charge in [0, 0.05) is 103 Å². The molecule has 0 aliphatic carbocycles. The van der Waals surface area contributed by atoms with Crippen LogP contribution in [0.2, 0.25) is 0 Å². The standard InChI is InChI=1S/C68H125N7O16S/c1-22-74-38-49(36-68(13,85-20)59(90-61-55(76)53(69(14)15)33-45(5)88-61)47(7)57(78)65(9,10)63(80)86-42-51(74)40-73-29-31-75(32-30-73)43(2)3)23-26-66(11)58(79)48(8)60(91-62-56(77)54(70(16)17)34-46(6)89-62)67(12,84-19)35-44(4)37-71(18)50(41-87-64(66)81)39-72-27-24-52(25-28-72)92(21,82)83/h43-56,59-62,76-77H,22-42H2,1-21H3/t44-,45-,46-,47+,48+,49-,50-,51-,53+,54+,55-,56-,59-,60-,61+,62+,66+,67-,68-/m1/s1. The molecule has 6 aliphatic rings. The molecule has 6 aliphatic heterocycles. The first-order valence-electron chi connectivity index (χ1n) is 34.5. The van der Waals surface area contributed by atoms with Crippen LogP contribution in [0.3, 0.4) is 0 Å². The van der Waals surface area contributed by atoms with Gasteiger partial charge >= 0.3 is 11.9 Å². The number of Topliss-reactive ketones (excluding diaryl/α,β-unsaturated/α-hetero) is 2. The molecule has 0 radical (unpaired) electrons. The fraction of sp³-hybridized carbons (Fsp3) is 0.941. The maximum absolute atomic E-state index is 16.4. The molecular formula is C68H125N7O16S. The van der Waals surface area contributed by atoms with Crippen LogP contribution in [-0.2, 0) is 66.9 Å². The largest absolute Gasteiger partial charge is 0.463 e. The number of carbonyl (C=O) groups is 4. The molecule has 23 nitrogen and oxygen atoms in total. The Kier molecular flexibility index (Phi) is 28.2. The van der Waals surface area contributed by atoms with Crippen LogP contribution in [0.15, 0.2) is 0 Å². The Balaban J connectivity index is 1.49. The number of ketones is 2. The summed E-state index contributed by atoms with van der Waals surface area (Å²) in [4.78, 5) is 77.7. The Labute approximate surface area is 553 Å². The van der Waals surface area contributed by atoms with Crippen molar-refractivity contribution in [1.29, 1.82) is 0 Å². The highest BCUT2D eigenvalue weighted by Gasteiger charge is 2.56. The molecule has 24 heteroatoms. The van der Waals surface area contributed by atoms with E-state index in [-0.39, 0.29) is 74.8 Å². The van der Waals surface area contributed by atoms with E-state index in [0.29, 0.717) is 84.0 Å². The van der Waals surface area contributed by atoms with E-state index in [4.69, 9.17) is 37.9 Å². The van der Waals surface area contributed by atoms with Crippen LogP contribution in [0.4, 0.5) is 0 Å². The molecule has 0 aromatic heterocycles. The van der Waals surface area contributed by atoms with E-state index >= 15 is 14.4 Å². The van der Waals surface area contributed by atoms with E-state index in [0.717, 1.165) is 26.2 Å². The average Bonchev–Trinajstić information content (AvgIpc) is 1.04. The van der Waals surface area contributed by atoms with Crippen LogP contribution in [0.25, 0.3) is 0 Å². The van der Waals surface area contributed by atoms with Crippen LogP contribution in [0.5, 0.6) is 0 Å². The number of sulfone groups is 1. The van der Waals surface area contributed by atoms with Crippen molar-refractivity contribution in [3.63, 3.8) is 0 Å². The third kappa shape index (κ3) is 19.1. The lowest BCUT2D eigenvalue weighted by atomic mass is 9.69. The van der Waals surface area contributed by atoms with Crippen molar-refractivity contribution in [1.82, 2.24) is 34.3 Å². The third-order valence-electron chi connectivity index (χ3n) is 22.3. The fourth-order valence-corrected chi connectivity index (χ4v) is 17.1. The maximum atomic E-state index is 16.4. The Morgan fingerprint density at radius 2 is 1.13 bits per heavy atom. The number of methoxy groups -OCH3 is 2. The quantitative estimate of drug-likeness (QED) is 0.144. The smallest absolute Gasteiger partial charge is 0.319 e. The summed E-state index contributed by atoms with van der Waals surface area (Å²) in [7, 11) is 9.54. The van der Waals surface area contributed by atoms with E-state index < -0.39 is 115 Å². The minimum Gasteiger partial charge on any atom is -0.463 e. The van der Waals surface area contributed by atoms with Crippen LogP contribution >= 0.6 is 0 Å². The SMILES string of the molecule is CCN1C[C@H](CC[C@]2(C)C(=O)OC[C@@H](CN3CCC(S(C)(=O)=O)CC3)N(C)C[C@H](C)C[C@@](C)(OC)[C@H](O[C@@H]3O[C@H](C)C[C@H](N(C)C)[C@H]3O)[C@@H](C)C2=O)C[C@@](C)(OC)[C@H](O[C@@H]2O[C@H](C)C[C@H](N(C)C)[C@H]2O)[C@@H](C)C(=O)C(C)(C)C(=O)OC[C@H]1CN1CCN(C(C)C)CC1. The van der Waals surface area contributed by atoms with Gasteiger partial charge in [0.05, 0.1) is 53.0 Å². The van der Waals surface area contributed by atoms with E-state index in [1.165, 1.54) is 6.26 Å². The predicted octanol–water partition coefficient (Wildman–Crippen LogP) is 4.31. The molecule has 0 spiro atoms. The number of piperazine rings is 1. The van der Waals surface area contributed by atoms with Crippen molar-refractivity contribution in [2.24, 2.45) is 34.5 Å². The van der Waals surface area contributed by atoms with Gasteiger partial charge in [-0.25, -0.2) is 8.42 Å². The monoisotopic (exact) mass is 1330 g/mol. The van der Waals surface area contributed by atoms with Crippen molar-refractivity contribution in [2.45, 2.75) is 237 Å². The molecule has 0 aromatic carbocycles. The van der Waals surface area contributed by atoms with Crippen molar-refractivity contribution in [3.05, 3.63) is 0 Å². The van der Waals surface area contributed by atoms with Gasteiger partial charge < -0.3 is 62.8 Å². The van der Waals surface area contributed by atoms with Gasteiger partial charge in [0.25, 0.3) is 0 Å². The summed E-state index contributed by atoms with van der Waals surface area (Å²) in [5, 5.41) is 23.7. The second-order valence-corrected chi connectivity index (χ2v) is 33.1. The minimum atomic E-state index is -3.23. The summed E-state index contributed by atoms with van der Waals surface area (Å²) < 4.78 is 78.6. The first-order valence-corrected chi connectivity index (χ1v) is 36.5. The number of hydrogen-bond donors (Lipinski definition) is 2. The van der Waals surface area contributed by atoms with Crippen molar-refractivity contribution in [2.75, 3.05) is 141 Å². The highest BCUT2D eigenvalue weighted by Crippen LogP contribution is 2.44. The van der Waals surface area contributed by atoms with Gasteiger partial charge in [0.15, 0.2) is 24.1 Å². The molecular weight excluding hydrogens is 1200 g/mol. The number of cyclic esters (lactones) is 2. The van der Waals surface area contributed by atoms with Gasteiger partial charge in [-0.1, -0.05) is 27.7 Å². The third-order valence-corrected chi connectivity index (χ3v) is 24.0. The first kappa shape index (κ1) is 78.6. The van der Waals surface area contributed by atoms with Crippen molar-refractivity contribution < 1.29 is 75.7 Å². The van der Waals surface area contributed by atoms with Crippen molar-refractivity contribution in [3.8, 4) is 0 Å². The molecule has 6 saturated heterocycles. The van der Waals surface area contributed by atoms with E-state index in [2.05, 4.69) is 52.2 Å². The molecule has 92 heavy (non-hydrogen) atoms. The molecule has 534 valence electrons. The highest BCUT2D eigenvalue weighted by molar-refractivity contribution is 7.91. The number of likely N-dealkylation sites (N-methyl/N-ethyl adjacent to an activating group) is 4. The zero-order chi connectivity index (χ0) is 68.7. The maximum Gasteiger partial charge on any atom is 0.319 e. The predicted molar refractivity (Wildman–Crippen MR) is 354 cm³/mol. The molecule has 0 saturated carbocycles. The summed E-state index contributed by atoms with van der Waals surface area (Å²) in [6.45, 7) is 31.6. The van der Waals surface area contributed by atoms with E-state index in [9.17, 15) is 23.4 Å². The summed E-state index contributed by atoms with van der Waals surface area (Å²) in [5.41, 5.74) is -6.00. The lowest BCUT2D eigenvalue weighted by molar-refractivity contribution is -0.296. The fourth-order valence-electron chi connectivity index (χ4n) is 16.0. The molecule has 19 atom stereocenters. The molecule has 6 heterocycles. The van der Waals surface area contributed by atoms with Crippen LogP contribution in [0, 0.1) is 34.5 Å². The Morgan fingerprint density at radius 3 is 1.61 bits per heavy atom. The van der Waals surface area contributed by atoms with Crippen LogP contribution in [-0.4, -0.2) is 313 Å². The molecule has 6 fully saturated rings. The number of ether oxygens (including phenoxy) is 8. The zero-order valence-corrected chi connectivity index (χ0v) is 61.2. The second-order valence-electron chi connectivity index (χ2n) is 30.8. The van der Waals surface area contributed by atoms with E-state index in [1.807, 2.05) is 72.7 Å². The number of aliphatic hydroxyl groups is 2. The Morgan fingerprint density at radius 1 is 0.663 bits per heavy atom. The van der Waals surface area contributed by atoms with Gasteiger partial charge in [-0.3, -0.25) is 38.8 Å². The van der Waals surface area contributed by atoms with Crippen LogP contribution < -0.4 is 0 Å².